The number of anilines is 1. The molecule has 0 spiro atoms. The van der Waals surface area contributed by atoms with Crippen LogP contribution in [0, 0.1) is 0 Å². The van der Waals surface area contributed by atoms with Gasteiger partial charge in [0.15, 0.2) is 0 Å². The molecule has 4 rings (SSSR count). The van der Waals surface area contributed by atoms with Crippen LogP contribution < -0.4 is 4.90 Å². The smallest absolute Gasteiger partial charge is 0.258 e. The van der Waals surface area contributed by atoms with Crippen LogP contribution in [-0.4, -0.2) is 29.3 Å². The van der Waals surface area contributed by atoms with E-state index in [1.54, 1.807) is 0 Å². The molecule has 2 aromatic carbocycles. The fraction of sp³-hybridized carbons (Fsp3) is 0.333. The van der Waals surface area contributed by atoms with Gasteiger partial charge in [-0.2, -0.15) is 0 Å². The van der Waals surface area contributed by atoms with Crippen molar-refractivity contribution in [2.75, 3.05) is 11.4 Å². The summed E-state index contributed by atoms with van der Waals surface area (Å²) in [7, 11) is 0. The molecule has 2 aromatic rings. The topological polar surface area (TPSA) is 40.6 Å². The number of hydrogen-bond donors (Lipinski definition) is 0. The average Bonchev–Trinajstić information content (AvgIpc) is 3.17. The zero-order chi connectivity index (χ0) is 17.4. The molecule has 4 nitrogen and oxygen atoms in total. The van der Waals surface area contributed by atoms with Gasteiger partial charge in [-0.1, -0.05) is 30.3 Å². The minimum Gasteiger partial charge on any atom is -0.338 e. The molecule has 0 bridgehead atoms. The Morgan fingerprint density at radius 3 is 2.60 bits per heavy atom. The summed E-state index contributed by atoms with van der Waals surface area (Å²) in [6, 6.07) is 16.0. The van der Waals surface area contributed by atoms with E-state index in [0.717, 1.165) is 30.6 Å². The van der Waals surface area contributed by atoms with E-state index in [9.17, 15) is 9.59 Å². The van der Waals surface area contributed by atoms with Crippen molar-refractivity contribution in [2.24, 2.45) is 0 Å². The molecule has 0 saturated carbocycles. The van der Waals surface area contributed by atoms with Crippen LogP contribution >= 0.6 is 0 Å². The Bertz CT molecular complexity index is 813. The van der Waals surface area contributed by atoms with E-state index in [-0.39, 0.29) is 17.9 Å². The molecular weight excluding hydrogens is 312 g/mol. The third-order valence-electron chi connectivity index (χ3n) is 5.17. The van der Waals surface area contributed by atoms with Crippen LogP contribution in [0.25, 0.3) is 0 Å². The lowest BCUT2D eigenvalue weighted by Gasteiger charge is -2.23. The third kappa shape index (κ3) is 2.93. The van der Waals surface area contributed by atoms with Crippen LogP contribution in [0.1, 0.15) is 41.3 Å². The Hall–Kier alpha value is -2.62. The Labute approximate surface area is 148 Å². The van der Waals surface area contributed by atoms with Gasteiger partial charge >= 0.3 is 0 Å². The summed E-state index contributed by atoms with van der Waals surface area (Å²) in [5.41, 5.74) is 4.01. The quantitative estimate of drug-likeness (QED) is 0.863. The van der Waals surface area contributed by atoms with Crippen LogP contribution in [0.2, 0.25) is 0 Å². The first kappa shape index (κ1) is 15.9. The molecule has 1 fully saturated rings. The summed E-state index contributed by atoms with van der Waals surface area (Å²) in [4.78, 5) is 28.5. The van der Waals surface area contributed by atoms with E-state index in [4.69, 9.17) is 0 Å². The highest BCUT2D eigenvalue weighted by Gasteiger charge is 2.31. The molecule has 0 radical (unpaired) electrons. The van der Waals surface area contributed by atoms with Crippen molar-refractivity contribution in [3.05, 3.63) is 65.2 Å². The van der Waals surface area contributed by atoms with Gasteiger partial charge in [0.2, 0.25) is 5.91 Å². The van der Waals surface area contributed by atoms with Gasteiger partial charge in [0, 0.05) is 36.8 Å². The second kappa shape index (κ2) is 6.36. The molecule has 1 atom stereocenters. The lowest BCUT2D eigenvalue weighted by atomic mass is 10.1. The van der Waals surface area contributed by atoms with Crippen molar-refractivity contribution < 1.29 is 9.59 Å². The third-order valence-corrected chi connectivity index (χ3v) is 5.17. The molecule has 0 aromatic heterocycles. The monoisotopic (exact) mass is 334 g/mol. The fourth-order valence-corrected chi connectivity index (χ4v) is 3.86. The highest BCUT2D eigenvalue weighted by atomic mass is 16.2. The van der Waals surface area contributed by atoms with Gasteiger partial charge in [0.05, 0.1) is 0 Å². The predicted molar refractivity (Wildman–Crippen MR) is 97.5 cm³/mol. The summed E-state index contributed by atoms with van der Waals surface area (Å²) in [6.07, 6.45) is 2.50. The van der Waals surface area contributed by atoms with Crippen molar-refractivity contribution in [1.82, 2.24) is 4.90 Å². The molecule has 25 heavy (non-hydrogen) atoms. The van der Waals surface area contributed by atoms with Crippen LogP contribution in [0.4, 0.5) is 5.69 Å². The molecule has 2 aliphatic rings. The summed E-state index contributed by atoms with van der Waals surface area (Å²) in [5, 5.41) is 0. The summed E-state index contributed by atoms with van der Waals surface area (Å²) >= 11 is 0. The number of carbonyl (C=O) groups is 2. The summed E-state index contributed by atoms with van der Waals surface area (Å²) < 4.78 is 0. The van der Waals surface area contributed by atoms with Gasteiger partial charge in [-0.15, -0.1) is 0 Å². The van der Waals surface area contributed by atoms with Crippen LogP contribution in [0.5, 0.6) is 0 Å². The maximum atomic E-state index is 13.0. The molecular formula is C21H22N2O2. The number of nitrogens with zero attached hydrogens (tertiary/aromatic N) is 2. The van der Waals surface area contributed by atoms with Crippen molar-refractivity contribution in [1.29, 1.82) is 0 Å². The number of fused-ring (bicyclic) bond motifs is 1. The van der Waals surface area contributed by atoms with E-state index in [1.807, 2.05) is 52.3 Å². The first-order chi connectivity index (χ1) is 12.1. The maximum Gasteiger partial charge on any atom is 0.258 e. The van der Waals surface area contributed by atoms with Gasteiger partial charge in [-0.3, -0.25) is 9.59 Å². The van der Waals surface area contributed by atoms with Crippen molar-refractivity contribution in [2.45, 2.75) is 38.8 Å². The first-order valence-corrected chi connectivity index (χ1v) is 8.91. The number of benzene rings is 2. The maximum absolute atomic E-state index is 13.0. The summed E-state index contributed by atoms with van der Waals surface area (Å²) in [6.45, 7) is 3.56. The highest BCUT2D eigenvalue weighted by Crippen LogP contribution is 2.33. The van der Waals surface area contributed by atoms with Crippen molar-refractivity contribution in [3.63, 3.8) is 0 Å². The number of carbonyl (C=O) groups excluding carboxylic acids is 2. The molecule has 0 N–H and O–H groups in total. The predicted octanol–water partition coefficient (Wildman–Crippen LogP) is 3.40. The Morgan fingerprint density at radius 1 is 1.12 bits per heavy atom. The average molecular weight is 334 g/mol. The normalized spacial score (nSPS) is 19.4. The minimum absolute atomic E-state index is 0.0428. The number of hydrogen-bond acceptors (Lipinski definition) is 2. The molecule has 2 heterocycles. The molecule has 128 valence electrons. The SMILES string of the molecule is C[C@H]1Cc2ccccc2N1C(=O)c1ccc(CN2CCCC2=O)cc1. The Kier molecular flexibility index (Phi) is 4.04. The Balaban J connectivity index is 1.52. The molecule has 2 aliphatic heterocycles. The molecule has 0 aliphatic carbocycles. The number of rotatable bonds is 3. The fourth-order valence-electron chi connectivity index (χ4n) is 3.86. The standard InChI is InChI=1S/C21H22N2O2/c1-15-13-18-5-2-3-6-19(18)23(15)21(25)17-10-8-16(9-11-17)14-22-12-4-7-20(22)24/h2-3,5-6,8-11,15H,4,7,12-14H2,1H3/t15-/m0/s1. The van der Waals surface area contributed by atoms with Gasteiger partial charge in [0.25, 0.3) is 5.91 Å². The van der Waals surface area contributed by atoms with Crippen molar-refractivity contribution in [3.8, 4) is 0 Å². The van der Waals surface area contributed by atoms with Crippen LogP contribution in [-0.2, 0) is 17.8 Å². The van der Waals surface area contributed by atoms with Gasteiger partial charge in [0.1, 0.15) is 0 Å². The second-order valence-corrected chi connectivity index (χ2v) is 6.97. The highest BCUT2D eigenvalue weighted by molar-refractivity contribution is 6.07. The first-order valence-electron chi connectivity index (χ1n) is 8.91. The van der Waals surface area contributed by atoms with Crippen molar-refractivity contribution >= 4 is 17.5 Å². The van der Waals surface area contributed by atoms with Crippen LogP contribution in [0.3, 0.4) is 0 Å². The largest absolute Gasteiger partial charge is 0.338 e. The van der Waals surface area contributed by atoms with Gasteiger partial charge in [-0.05, 0) is 49.1 Å². The zero-order valence-electron chi connectivity index (χ0n) is 14.4. The lowest BCUT2D eigenvalue weighted by molar-refractivity contribution is -0.128. The zero-order valence-corrected chi connectivity index (χ0v) is 14.4. The van der Waals surface area contributed by atoms with Gasteiger partial charge < -0.3 is 9.80 Å². The number of para-hydroxylation sites is 1. The molecule has 1 saturated heterocycles. The van der Waals surface area contributed by atoms with E-state index >= 15 is 0 Å². The van der Waals surface area contributed by atoms with Gasteiger partial charge in [-0.25, -0.2) is 0 Å². The summed E-state index contributed by atoms with van der Waals surface area (Å²) in [5.74, 6) is 0.268. The number of amides is 2. The lowest BCUT2D eigenvalue weighted by Crippen LogP contribution is -2.35. The van der Waals surface area contributed by atoms with Crippen LogP contribution in [0.15, 0.2) is 48.5 Å². The minimum atomic E-state index is 0.0428. The van der Waals surface area contributed by atoms with E-state index < -0.39 is 0 Å². The van der Waals surface area contributed by atoms with E-state index in [1.165, 1.54) is 5.56 Å². The molecule has 2 amide bonds. The number of likely N-dealkylation sites (tertiary alicyclic amines) is 1. The second-order valence-electron chi connectivity index (χ2n) is 6.97. The van der Waals surface area contributed by atoms with E-state index in [2.05, 4.69) is 13.0 Å². The molecule has 0 unspecified atom stereocenters. The molecule has 4 heteroatoms. The van der Waals surface area contributed by atoms with E-state index in [0.29, 0.717) is 18.5 Å². The Morgan fingerprint density at radius 2 is 1.88 bits per heavy atom.